The van der Waals surface area contributed by atoms with Gasteiger partial charge in [-0.1, -0.05) is 11.6 Å². The maximum Gasteiger partial charge on any atom is 0.315 e. The average Bonchev–Trinajstić information content (AvgIpc) is 2.68. The number of ketones is 1. The minimum atomic E-state index is -1.96. The van der Waals surface area contributed by atoms with Crippen LogP contribution in [0, 0.1) is 11.3 Å². The fraction of sp³-hybridized carbons (Fsp3) is 0.778. The normalized spacial score (nSPS) is 34.3. The predicted molar refractivity (Wildman–Crippen MR) is 92.6 cm³/mol. The number of ether oxygens (including phenoxy) is 1. The van der Waals surface area contributed by atoms with Crippen LogP contribution in [0.15, 0.2) is 11.6 Å². The molecule has 0 aromatic rings. The van der Waals surface area contributed by atoms with Crippen LogP contribution in [0.2, 0.25) is 19.6 Å². The van der Waals surface area contributed by atoms with Gasteiger partial charge in [-0.2, -0.15) is 0 Å². The molecule has 1 fully saturated rings. The van der Waals surface area contributed by atoms with E-state index in [-0.39, 0.29) is 17.7 Å². The summed E-state index contributed by atoms with van der Waals surface area (Å²) in [5, 5.41) is 0. The monoisotopic (exact) mass is 338 g/mol. The summed E-state index contributed by atoms with van der Waals surface area (Å²) in [6, 6.07) is 0. The maximum atomic E-state index is 12.9. The number of Topliss-reactive ketones (excluding diaryl/α,β-unsaturated/α-hetero) is 1. The minimum absolute atomic E-state index is 0.133. The van der Waals surface area contributed by atoms with Crippen LogP contribution >= 0.6 is 0 Å². The largest absolute Gasteiger partial charge is 0.468 e. The molecule has 2 aliphatic carbocycles. The van der Waals surface area contributed by atoms with Crippen molar-refractivity contribution in [2.75, 3.05) is 7.11 Å². The summed E-state index contributed by atoms with van der Waals surface area (Å²) < 4.78 is 11.9. The van der Waals surface area contributed by atoms with Gasteiger partial charge in [0, 0.05) is 5.92 Å². The molecule has 1 saturated carbocycles. The molecule has 23 heavy (non-hydrogen) atoms. The van der Waals surface area contributed by atoms with E-state index < -0.39 is 19.3 Å². The highest BCUT2D eigenvalue weighted by Gasteiger charge is 2.67. The Labute approximate surface area is 140 Å². The van der Waals surface area contributed by atoms with E-state index in [1.54, 1.807) is 6.92 Å². The van der Waals surface area contributed by atoms with Crippen molar-refractivity contribution in [3.8, 4) is 0 Å². The Morgan fingerprint density at radius 2 is 1.91 bits per heavy atom. The number of fused-ring (bicyclic) bond motifs is 1. The zero-order valence-electron chi connectivity index (χ0n) is 15.3. The molecule has 0 aromatic heterocycles. The average molecular weight is 339 g/mol. The highest BCUT2D eigenvalue weighted by molar-refractivity contribution is 6.69. The van der Waals surface area contributed by atoms with Crippen LogP contribution in [0.25, 0.3) is 0 Å². The summed E-state index contributed by atoms with van der Waals surface area (Å²) in [5.41, 5.74) is -0.177. The Bertz CT molecular complexity index is 534. The van der Waals surface area contributed by atoms with Crippen molar-refractivity contribution in [3.05, 3.63) is 11.6 Å². The van der Waals surface area contributed by atoms with Gasteiger partial charge in [-0.25, -0.2) is 0 Å². The van der Waals surface area contributed by atoms with Crippen LogP contribution in [-0.4, -0.2) is 32.8 Å². The first-order valence-electron chi connectivity index (χ1n) is 8.53. The zero-order chi connectivity index (χ0) is 17.5. The number of esters is 1. The first-order valence-corrected chi connectivity index (χ1v) is 11.9. The molecule has 0 saturated heterocycles. The van der Waals surface area contributed by atoms with Gasteiger partial charge in [-0.05, 0) is 65.6 Å². The van der Waals surface area contributed by atoms with Crippen LogP contribution in [0.4, 0.5) is 0 Å². The molecule has 0 spiro atoms. The number of methoxy groups -OCH3 is 1. The molecular weight excluding hydrogens is 308 g/mol. The van der Waals surface area contributed by atoms with Crippen molar-refractivity contribution in [1.82, 2.24) is 0 Å². The van der Waals surface area contributed by atoms with E-state index in [2.05, 4.69) is 32.6 Å². The first kappa shape index (κ1) is 18.4. The third kappa shape index (κ3) is 3.05. The number of carbonyl (C=O) groups is 2. The van der Waals surface area contributed by atoms with E-state index in [9.17, 15) is 9.59 Å². The van der Waals surface area contributed by atoms with E-state index >= 15 is 0 Å². The molecule has 0 amide bonds. The van der Waals surface area contributed by atoms with Gasteiger partial charge in [0.2, 0.25) is 0 Å². The topological polar surface area (TPSA) is 52.6 Å². The van der Waals surface area contributed by atoms with Gasteiger partial charge in [0.05, 0.1) is 18.1 Å². The summed E-state index contributed by atoms with van der Waals surface area (Å²) in [6.07, 6.45) is 5.72. The smallest absolute Gasteiger partial charge is 0.315 e. The van der Waals surface area contributed by atoms with Crippen molar-refractivity contribution in [2.45, 2.75) is 71.2 Å². The summed E-state index contributed by atoms with van der Waals surface area (Å²) in [4.78, 5) is 25.3. The quantitative estimate of drug-likeness (QED) is 0.444. The van der Waals surface area contributed by atoms with Crippen LogP contribution < -0.4 is 0 Å². The predicted octanol–water partition coefficient (Wildman–Crippen LogP) is 3.87. The Morgan fingerprint density at radius 3 is 2.43 bits per heavy atom. The molecular formula is C18H30O4Si. The number of rotatable bonds is 4. The molecule has 0 aromatic carbocycles. The Hall–Kier alpha value is -0.943. The second-order valence-electron chi connectivity index (χ2n) is 8.13. The van der Waals surface area contributed by atoms with Crippen molar-refractivity contribution in [1.29, 1.82) is 0 Å². The highest BCUT2D eigenvalue weighted by Crippen LogP contribution is 2.60. The third-order valence-electron chi connectivity index (χ3n) is 5.48. The van der Waals surface area contributed by atoms with Crippen LogP contribution in [-0.2, 0) is 18.8 Å². The molecule has 130 valence electrons. The van der Waals surface area contributed by atoms with Crippen LogP contribution in [0.5, 0.6) is 0 Å². The van der Waals surface area contributed by atoms with Gasteiger partial charge in [-0.15, -0.1) is 0 Å². The maximum absolute atomic E-state index is 12.9. The number of hydrogen-bond donors (Lipinski definition) is 0. The van der Waals surface area contributed by atoms with Gasteiger partial charge in [0.1, 0.15) is 5.78 Å². The second kappa shape index (κ2) is 6.17. The van der Waals surface area contributed by atoms with Gasteiger partial charge < -0.3 is 9.16 Å². The molecule has 3 atom stereocenters. The van der Waals surface area contributed by atoms with Crippen molar-refractivity contribution >= 4 is 20.1 Å². The SMILES string of the molecule is COC(=O)[C@]12CC=C(C)CC[C@]1(O[Si](C)(C)C)[C@H](C(C)=O)CC2. The molecule has 2 rings (SSSR count). The number of carbonyl (C=O) groups excluding carboxylic acids is 2. The molecule has 0 unspecified atom stereocenters. The lowest BCUT2D eigenvalue weighted by molar-refractivity contribution is -0.171. The van der Waals surface area contributed by atoms with E-state index in [4.69, 9.17) is 9.16 Å². The van der Waals surface area contributed by atoms with Crippen molar-refractivity contribution in [3.63, 3.8) is 0 Å². The van der Waals surface area contributed by atoms with Crippen LogP contribution in [0.3, 0.4) is 0 Å². The van der Waals surface area contributed by atoms with E-state index in [1.165, 1.54) is 12.7 Å². The molecule has 0 aliphatic heterocycles. The zero-order valence-corrected chi connectivity index (χ0v) is 16.3. The van der Waals surface area contributed by atoms with E-state index in [0.29, 0.717) is 19.3 Å². The molecule has 0 N–H and O–H groups in total. The molecule has 4 nitrogen and oxygen atoms in total. The Balaban J connectivity index is 2.63. The molecule has 0 heterocycles. The second-order valence-corrected chi connectivity index (χ2v) is 12.6. The first-order chi connectivity index (χ1) is 10.6. The van der Waals surface area contributed by atoms with Gasteiger partial charge >= 0.3 is 5.97 Å². The van der Waals surface area contributed by atoms with Crippen molar-refractivity contribution in [2.24, 2.45) is 11.3 Å². The van der Waals surface area contributed by atoms with Crippen LogP contribution in [0.1, 0.15) is 46.0 Å². The summed E-state index contributed by atoms with van der Waals surface area (Å²) in [6.45, 7) is 10.1. The Morgan fingerprint density at radius 1 is 1.26 bits per heavy atom. The molecule has 0 radical (unpaired) electrons. The van der Waals surface area contributed by atoms with Gasteiger partial charge in [0.25, 0.3) is 0 Å². The summed E-state index contributed by atoms with van der Waals surface area (Å²) in [7, 11) is -0.517. The molecule has 5 heteroatoms. The highest BCUT2D eigenvalue weighted by atomic mass is 28.4. The van der Waals surface area contributed by atoms with Gasteiger partial charge in [0.15, 0.2) is 8.32 Å². The van der Waals surface area contributed by atoms with E-state index in [0.717, 1.165) is 12.8 Å². The van der Waals surface area contributed by atoms with Gasteiger partial charge in [-0.3, -0.25) is 9.59 Å². The third-order valence-corrected chi connectivity index (χ3v) is 6.45. The van der Waals surface area contributed by atoms with E-state index in [1.807, 2.05) is 0 Å². The molecule has 0 bridgehead atoms. The lowest BCUT2D eigenvalue weighted by Gasteiger charge is -2.48. The Kier molecular flexibility index (Phi) is 4.93. The fourth-order valence-electron chi connectivity index (χ4n) is 4.54. The number of allylic oxidation sites excluding steroid dienone is 2. The lowest BCUT2D eigenvalue weighted by atomic mass is 9.67. The van der Waals surface area contributed by atoms with Crippen molar-refractivity contribution < 1.29 is 18.8 Å². The standard InChI is InChI=1S/C18H30O4Si/c1-13-7-10-17(16(20)21-3)11-9-15(14(2)19)18(17,12-8-13)22-23(4,5)6/h7,15H,8-12H2,1-6H3/t15-,17+,18-/m0/s1. The minimum Gasteiger partial charge on any atom is -0.468 e. The summed E-state index contributed by atoms with van der Waals surface area (Å²) >= 11 is 0. The lowest BCUT2D eigenvalue weighted by Crippen LogP contribution is -2.59. The number of hydrogen-bond acceptors (Lipinski definition) is 4. The fourth-order valence-corrected chi connectivity index (χ4v) is 6.07. The summed E-state index contributed by atoms with van der Waals surface area (Å²) in [5.74, 6) is -0.299. The molecule has 2 aliphatic rings.